The topological polar surface area (TPSA) is 37.3 Å². The van der Waals surface area contributed by atoms with Crippen molar-refractivity contribution in [2.75, 3.05) is 0 Å². The largest absolute Gasteiger partial charge is 0.481 e. The molecule has 1 fully saturated rings. The van der Waals surface area contributed by atoms with Crippen LogP contribution in [0.15, 0.2) is 24.3 Å². The standard InChI is InChI=1S/C12H13FO2/c13-11-5-3-8(4-6-11)9-1-2-10(7-9)12(14)15/h3-6,9-10H,1-2,7H2,(H,14,15). The van der Waals surface area contributed by atoms with E-state index in [2.05, 4.69) is 0 Å². The van der Waals surface area contributed by atoms with E-state index in [1.54, 1.807) is 12.1 Å². The summed E-state index contributed by atoms with van der Waals surface area (Å²) in [6.07, 6.45) is 2.31. The molecule has 0 radical (unpaired) electrons. The first-order chi connectivity index (χ1) is 7.16. The van der Waals surface area contributed by atoms with Crippen LogP contribution in [0.3, 0.4) is 0 Å². The van der Waals surface area contributed by atoms with Crippen LogP contribution in [-0.4, -0.2) is 11.1 Å². The molecule has 2 rings (SSSR count). The SMILES string of the molecule is O=C(O)C1CCC(c2ccc(F)cc2)C1. The lowest BCUT2D eigenvalue weighted by Crippen LogP contribution is -2.09. The number of hydrogen-bond donors (Lipinski definition) is 1. The minimum absolute atomic E-state index is 0.222. The summed E-state index contributed by atoms with van der Waals surface area (Å²) in [6.45, 7) is 0. The molecule has 1 aromatic carbocycles. The number of rotatable bonds is 2. The summed E-state index contributed by atoms with van der Waals surface area (Å²) in [5.41, 5.74) is 1.06. The third-order valence-electron chi connectivity index (χ3n) is 3.12. The Morgan fingerprint density at radius 2 is 1.93 bits per heavy atom. The van der Waals surface area contributed by atoms with E-state index in [0.29, 0.717) is 6.42 Å². The predicted molar refractivity (Wildman–Crippen MR) is 54.1 cm³/mol. The van der Waals surface area contributed by atoms with Gasteiger partial charge in [0, 0.05) is 0 Å². The van der Waals surface area contributed by atoms with Crippen molar-refractivity contribution >= 4 is 5.97 Å². The molecule has 0 heterocycles. The highest BCUT2D eigenvalue weighted by molar-refractivity contribution is 5.70. The van der Waals surface area contributed by atoms with Crippen molar-refractivity contribution in [1.29, 1.82) is 0 Å². The summed E-state index contributed by atoms with van der Waals surface area (Å²) in [5, 5.41) is 8.86. The van der Waals surface area contributed by atoms with Crippen molar-refractivity contribution < 1.29 is 14.3 Å². The van der Waals surface area contributed by atoms with Gasteiger partial charge in [-0.2, -0.15) is 0 Å². The third kappa shape index (κ3) is 2.17. The van der Waals surface area contributed by atoms with Crippen LogP contribution in [0, 0.1) is 11.7 Å². The van der Waals surface area contributed by atoms with Gasteiger partial charge in [-0.15, -0.1) is 0 Å². The van der Waals surface area contributed by atoms with E-state index in [9.17, 15) is 9.18 Å². The summed E-state index contributed by atoms with van der Waals surface area (Å²) in [4.78, 5) is 10.8. The van der Waals surface area contributed by atoms with Crippen LogP contribution >= 0.6 is 0 Å². The van der Waals surface area contributed by atoms with Gasteiger partial charge in [0.25, 0.3) is 0 Å². The fourth-order valence-corrected chi connectivity index (χ4v) is 2.24. The Hall–Kier alpha value is -1.38. The van der Waals surface area contributed by atoms with Crippen LogP contribution in [0.1, 0.15) is 30.7 Å². The molecule has 0 aliphatic heterocycles. The molecule has 0 aromatic heterocycles. The number of benzene rings is 1. The molecular formula is C12H13FO2. The number of carboxylic acid groups (broad SMARTS) is 1. The van der Waals surface area contributed by atoms with Crippen LogP contribution in [0.2, 0.25) is 0 Å². The van der Waals surface area contributed by atoms with Gasteiger partial charge in [0.2, 0.25) is 0 Å². The van der Waals surface area contributed by atoms with Crippen LogP contribution < -0.4 is 0 Å². The van der Waals surface area contributed by atoms with E-state index < -0.39 is 5.97 Å². The highest BCUT2D eigenvalue weighted by atomic mass is 19.1. The molecule has 0 saturated heterocycles. The Morgan fingerprint density at radius 1 is 1.27 bits per heavy atom. The second-order valence-electron chi connectivity index (χ2n) is 4.10. The minimum atomic E-state index is -0.709. The molecule has 2 nitrogen and oxygen atoms in total. The lowest BCUT2D eigenvalue weighted by molar-refractivity contribution is -0.141. The minimum Gasteiger partial charge on any atom is -0.481 e. The number of aliphatic carboxylic acids is 1. The van der Waals surface area contributed by atoms with Crippen molar-refractivity contribution in [2.45, 2.75) is 25.2 Å². The normalized spacial score (nSPS) is 25.4. The molecule has 0 spiro atoms. The van der Waals surface area contributed by atoms with Gasteiger partial charge in [-0.25, -0.2) is 4.39 Å². The van der Waals surface area contributed by atoms with Crippen LogP contribution in [0.4, 0.5) is 4.39 Å². The molecule has 1 aliphatic rings. The van der Waals surface area contributed by atoms with Crippen molar-refractivity contribution in [1.82, 2.24) is 0 Å². The summed E-state index contributed by atoms with van der Waals surface area (Å²) in [6, 6.07) is 6.38. The zero-order chi connectivity index (χ0) is 10.8. The number of halogens is 1. The van der Waals surface area contributed by atoms with E-state index in [0.717, 1.165) is 18.4 Å². The number of carboxylic acids is 1. The van der Waals surface area contributed by atoms with Crippen LogP contribution in [0.5, 0.6) is 0 Å². The van der Waals surface area contributed by atoms with E-state index in [1.807, 2.05) is 0 Å². The smallest absolute Gasteiger partial charge is 0.306 e. The molecule has 15 heavy (non-hydrogen) atoms. The Bertz CT molecular complexity index is 358. The Balaban J connectivity index is 2.07. The summed E-state index contributed by atoms with van der Waals surface area (Å²) in [7, 11) is 0. The van der Waals surface area contributed by atoms with Gasteiger partial charge in [0.05, 0.1) is 5.92 Å². The molecule has 2 unspecified atom stereocenters. The molecule has 1 aliphatic carbocycles. The average Bonchev–Trinajstić information content (AvgIpc) is 2.68. The summed E-state index contributed by atoms with van der Waals surface area (Å²) >= 11 is 0. The Labute approximate surface area is 87.7 Å². The molecule has 1 saturated carbocycles. The summed E-state index contributed by atoms with van der Waals surface area (Å²) < 4.78 is 12.7. The molecule has 1 N–H and O–H groups in total. The first-order valence-corrected chi connectivity index (χ1v) is 5.15. The zero-order valence-corrected chi connectivity index (χ0v) is 8.32. The van der Waals surface area contributed by atoms with E-state index in [1.165, 1.54) is 12.1 Å². The maximum Gasteiger partial charge on any atom is 0.306 e. The number of hydrogen-bond acceptors (Lipinski definition) is 1. The quantitative estimate of drug-likeness (QED) is 0.811. The Morgan fingerprint density at radius 3 is 2.47 bits per heavy atom. The fourth-order valence-electron chi connectivity index (χ4n) is 2.24. The lowest BCUT2D eigenvalue weighted by atomic mass is 9.96. The zero-order valence-electron chi connectivity index (χ0n) is 8.32. The van der Waals surface area contributed by atoms with Gasteiger partial charge in [-0.1, -0.05) is 12.1 Å². The van der Waals surface area contributed by atoms with Gasteiger partial charge in [0.1, 0.15) is 5.82 Å². The second-order valence-corrected chi connectivity index (χ2v) is 4.10. The van der Waals surface area contributed by atoms with Crippen LogP contribution in [0.25, 0.3) is 0 Å². The lowest BCUT2D eigenvalue weighted by Gasteiger charge is -2.09. The maximum absolute atomic E-state index is 12.7. The van der Waals surface area contributed by atoms with E-state index in [-0.39, 0.29) is 17.7 Å². The van der Waals surface area contributed by atoms with Gasteiger partial charge in [0.15, 0.2) is 0 Å². The van der Waals surface area contributed by atoms with Gasteiger partial charge >= 0.3 is 5.97 Å². The van der Waals surface area contributed by atoms with E-state index in [4.69, 9.17) is 5.11 Å². The van der Waals surface area contributed by atoms with Crippen molar-refractivity contribution in [3.05, 3.63) is 35.6 Å². The van der Waals surface area contributed by atoms with E-state index >= 15 is 0 Å². The first-order valence-electron chi connectivity index (χ1n) is 5.15. The molecule has 0 amide bonds. The van der Waals surface area contributed by atoms with Gasteiger partial charge in [-0.05, 0) is 42.9 Å². The highest BCUT2D eigenvalue weighted by Crippen LogP contribution is 2.38. The molecule has 80 valence electrons. The van der Waals surface area contributed by atoms with Gasteiger partial charge < -0.3 is 5.11 Å². The molecular weight excluding hydrogens is 195 g/mol. The number of carbonyl (C=O) groups is 1. The predicted octanol–water partition coefficient (Wildman–Crippen LogP) is 2.79. The maximum atomic E-state index is 12.7. The molecule has 0 bridgehead atoms. The fraction of sp³-hybridized carbons (Fsp3) is 0.417. The van der Waals surface area contributed by atoms with Crippen molar-refractivity contribution in [2.24, 2.45) is 5.92 Å². The van der Waals surface area contributed by atoms with Crippen LogP contribution in [-0.2, 0) is 4.79 Å². The third-order valence-corrected chi connectivity index (χ3v) is 3.12. The first kappa shape index (κ1) is 10.1. The van der Waals surface area contributed by atoms with Crippen molar-refractivity contribution in [3.63, 3.8) is 0 Å². The summed E-state index contributed by atoms with van der Waals surface area (Å²) in [5.74, 6) is -0.891. The monoisotopic (exact) mass is 208 g/mol. The molecule has 2 atom stereocenters. The second kappa shape index (κ2) is 4.01. The van der Waals surface area contributed by atoms with Gasteiger partial charge in [-0.3, -0.25) is 4.79 Å². The molecule has 3 heteroatoms. The Kier molecular flexibility index (Phi) is 2.71. The molecule has 1 aromatic rings. The van der Waals surface area contributed by atoms with Crippen molar-refractivity contribution in [3.8, 4) is 0 Å². The highest BCUT2D eigenvalue weighted by Gasteiger charge is 2.30. The average molecular weight is 208 g/mol.